The Bertz CT molecular complexity index is 870. The van der Waals surface area contributed by atoms with Crippen molar-refractivity contribution >= 4 is 17.5 Å². The van der Waals surface area contributed by atoms with Gasteiger partial charge in [0.1, 0.15) is 5.82 Å². The highest BCUT2D eigenvalue weighted by molar-refractivity contribution is 5.94. The number of methoxy groups -OCH3 is 1. The number of aromatic nitrogens is 2. The van der Waals surface area contributed by atoms with Gasteiger partial charge in [-0.1, -0.05) is 6.07 Å². The number of unbranched alkanes of at least 4 members (excludes halogenated alkanes) is 1. The molecule has 2 aromatic rings. The maximum Gasteiger partial charge on any atom is 0.263 e. The zero-order valence-corrected chi connectivity index (χ0v) is 17.2. The minimum Gasteiger partial charge on any atom is -0.481 e. The topological polar surface area (TPSA) is 89.1 Å². The van der Waals surface area contributed by atoms with Crippen LogP contribution in [0.5, 0.6) is 17.5 Å². The molecule has 2 aliphatic rings. The summed E-state index contributed by atoms with van der Waals surface area (Å²) in [5, 5.41) is 2.69. The fourth-order valence-corrected chi connectivity index (χ4v) is 3.53. The summed E-state index contributed by atoms with van der Waals surface area (Å²) in [6, 6.07) is 9.41. The molecule has 160 valence electrons. The Morgan fingerprint density at radius 2 is 1.93 bits per heavy atom. The van der Waals surface area contributed by atoms with Crippen LogP contribution in [0.3, 0.4) is 0 Å². The second-order valence-electron chi connectivity index (χ2n) is 7.26. The Hall–Kier alpha value is -3.07. The summed E-state index contributed by atoms with van der Waals surface area (Å²) in [5.74, 6) is 2.92. The SMILES string of the molecule is COc1cccc(N2CCN(CCCCOc3ccc4c(n3)NC(=O)CO4)CC2)n1. The van der Waals surface area contributed by atoms with Gasteiger partial charge in [0.15, 0.2) is 18.2 Å². The van der Waals surface area contributed by atoms with E-state index in [-0.39, 0.29) is 12.5 Å². The number of piperazine rings is 1. The zero-order valence-electron chi connectivity index (χ0n) is 17.2. The molecule has 4 heterocycles. The van der Waals surface area contributed by atoms with Gasteiger partial charge < -0.3 is 24.4 Å². The number of fused-ring (bicyclic) bond motifs is 1. The number of pyridine rings is 2. The molecule has 0 unspecified atom stereocenters. The number of rotatable bonds is 8. The molecule has 1 N–H and O–H groups in total. The Morgan fingerprint density at radius 1 is 1.07 bits per heavy atom. The van der Waals surface area contributed by atoms with Crippen molar-refractivity contribution in [1.29, 1.82) is 0 Å². The van der Waals surface area contributed by atoms with Crippen LogP contribution in [0.2, 0.25) is 0 Å². The van der Waals surface area contributed by atoms with Crippen molar-refractivity contribution in [3.8, 4) is 17.5 Å². The number of nitrogens with zero attached hydrogens (tertiary/aromatic N) is 4. The van der Waals surface area contributed by atoms with Gasteiger partial charge in [0.2, 0.25) is 11.8 Å². The summed E-state index contributed by atoms with van der Waals surface area (Å²) in [6.07, 6.45) is 2.00. The predicted molar refractivity (Wildman–Crippen MR) is 113 cm³/mol. The second-order valence-corrected chi connectivity index (χ2v) is 7.26. The van der Waals surface area contributed by atoms with E-state index in [9.17, 15) is 4.79 Å². The van der Waals surface area contributed by atoms with Gasteiger partial charge >= 0.3 is 0 Å². The lowest BCUT2D eigenvalue weighted by molar-refractivity contribution is -0.118. The molecule has 1 saturated heterocycles. The molecule has 0 saturated carbocycles. The normalized spacial score (nSPS) is 16.4. The van der Waals surface area contributed by atoms with Crippen LogP contribution in [0.25, 0.3) is 0 Å². The number of carbonyl (C=O) groups excluding carboxylic acids is 1. The molecule has 0 aromatic carbocycles. The van der Waals surface area contributed by atoms with Crippen molar-refractivity contribution in [2.45, 2.75) is 12.8 Å². The third kappa shape index (κ3) is 5.10. The summed E-state index contributed by atoms with van der Waals surface area (Å²) in [5.41, 5.74) is 0. The molecule has 9 nitrogen and oxygen atoms in total. The molecule has 0 bridgehead atoms. The van der Waals surface area contributed by atoms with E-state index >= 15 is 0 Å². The van der Waals surface area contributed by atoms with E-state index in [2.05, 4.69) is 25.1 Å². The van der Waals surface area contributed by atoms with Crippen molar-refractivity contribution < 1.29 is 19.0 Å². The Morgan fingerprint density at radius 3 is 2.77 bits per heavy atom. The molecule has 1 fully saturated rings. The first-order valence-electron chi connectivity index (χ1n) is 10.3. The quantitative estimate of drug-likeness (QED) is 0.656. The highest BCUT2D eigenvalue weighted by atomic mass is 16.5. The molecule has 0 spiro atoms. The van der Waals surface area contributed by atoms with Gasteiger partial charge in [-0.05, 0) is 31.5 Å². The summed E-state index contributed by atoms with van der Waals surface area (Å²) in [7, 11) is 1.64. The van der Waals surface area contributed by atoms with Crippen molar-refractivity contribution in [1.82, 2.24) is 14.9 Å². The molecule has 4 rings (SSSR count). The third-order valence-corrected chi connectivity index (χ3v) is 5.18. The van der Waals surface area contributed by atoms with Crippen LogP contribution in [0.15, 0.2) is 30.3 Å². The van der Waals surface area contributed by atoms with Gasteiger partial charge in [0.05, 0.1) is 13.7 Å². The fourth-order valence-electron chi connectivity index (χ4n) is 3.53. The third-order valence-electron chi connectivity index (χ3n) is 5.18. The maximum absolute atomic E-state index is 11.4. The lowest BCUT2D eigenvalue weighted by Crippen LogP contribution is -2.46. The van der Waals surface area contributed by atoms with Crippen molar-refractivity contribution in [3.05, 3.63) is 30.3 Å². The van der Waals surface area contributed by atoms with E-state index in [1.165, 1.54) is 0 Å². The van der Waals surface area contributed by atoms with Crippen molar-refractivity contribution in [3.63, 3.8) is 0 Å². The molecule has 2 aromatic heterocycles. The number of hydrogen-bond acceptors (Lipinski definition) is 8. The van der Waals surface area contributed by atoms with Gasteiger partial charge in [-0.3, -0.25) is 9.69 Å². The van der Waals surface area contributed by atoms with Gasteiger partial charge in [-0.2, -0.15) is 9.97 Å². The molecule has 2 aliphatic heterocycles. The van der Waals surface area contributed by atoms with Crippen molar-refractivity contribution in [2.75, 3.05) is 63.3 Å². The van der Waals surface area contributed by atoms with Crippen LogP contribution in [0.4, 0.5) is 11.6 Å². The highest BCUT2D eigenvalue weighted by Gasteiger charge is 2.19. The second kappa shape index (κ2) is 9.62. The van der Waals surface area contributed by atoms with Gasteiger partial charge in [0, 0.05) is 38.3 Å². The maximum atomic E-state index is 11.4. The minimum absolute atomic E-state index is 0.0270. The fraction of sp³-hybridized carbons (Fsp3) is 0.476. The standard InChI is InChI=1S/C21H27N5O4/c1-28-19-6-4-5-17(22-19)26-12-10-25(11-13-26)9-2-3-14-29-20-8-7-16-21(24-20)23-18(27)15-30-16/h4-8H,2-3,9-15H2,1H3,(H,23,24,27). The van der Waals surface area contributed by atoms with E-state index in [0.29, 0.717) is 29.9 Å². The summed E-state index contributed by atoms with van der Waals surface area (Å²) in [4.78, 5) is 25.0. The Kier molecular flexibility index (Phi) is 6.48. The van der Waals surface area contributed by atoms with Crippen LogP contribution in [0, 0.1) is 0 Å². The van der Waals surface area contributed by atoms with E-state index in [1.54, 1.807) is 19.2 Å². The average Bonchev–Trinajstić information content (AvgIpc) is 2.79. The molecule has 0 radical (unpaired) electrons. The number of amides is 1. The lowest BCUT2D eigenvalue weighted by Gasteiger charge is -2.35. The molecule has 1 amide bonds. The minimum atomic E-state index is -0.200. The van der Waals surface area contributed by atoms with Gasteiger partial charge in [-0.25, -0.2) is 0 Å². The summed E-state index contributed by atoms with van der Waals surface area (Å²) >= 11 is 0. The number of nitrogens with one attached hydrogen (secondary N) is 1. The molecule has 30 heavy (non-hydrogen) atoms. The van der Waals surface area contributed by atoms with Crippen LogP contribution >= 0.6 is 0 Å². The van der Waals surface area contributed by atoms with Crippen molar-refractivity contribution in [2.24, 2.45) is 0 Å². The molecular formula is C21H27N5O4. The smallest absolute Gasteiger partial charge is 0.263 e. The molecule has 0 atom stereocenters. The Labute approximate surface area is 176 Å². The first-order valence-corrected chi connectivity index (χ1v) is 10.3. The number of hydrogen-bond donors (Lipinski definition) is 1. The molecule has 0 aliphatic carbocycles. The van der Waals surface area contributed by atoms with E-state index in [4.69, 9.17) is 14.2 Å². The van der Waals surface area contributed by atoms with Gasteiger partial charge in [0.25, 0.3) is 5.91 Å². The number of carbonyl (C=O) groups is 1. The molecular weight excluding hydrogens is 386 g/mol. The zero-order chi connectivity index (χ0) is 20.8. The van der Waals surface area contributed by atoms with Crippen LogP contribution in [0.1, 0.15) is 12.8 Å². The average molecular weight is 413 g/mol. The highest BCUT2D eigenvalue weighted by Crippen LogP contribution is 2.27. The number of ether oxygens (including phenoxy) is 3. The van der Waals surface area contributed by atoms with Crippen LogP contribution in [-0.4, -0.2) is 73.8 Å². The monoisotopic (exact) mass is 413 g/mol. The first-order chi connectivity index (χ1) is 14.7. The molecule has 9 heteroatoms. The predicted octanol–water partition coefficient (Wildman–Crippen LogP) is 1.80. The van der Waals surface area contributed by atoms with E-state index in [0.717, 1.165) is 51.4 Å². The van der Waals surface area contributed by atoms with E-state index in [1.807, 2.05) is 18.2 Å². The van der Waals surface area contributed by atoms with E-state index < -0.39 is 0 Å². The number of anilines is 2. The first kappa shape index (κ1) is 20.2. The van der Waals surface area contributed by atoms with Crippen LogP contribution in [-0.2, 0) is 4.79 Å². The van der Waals surface area contributed by atoms with Crippen LogP contribution < -0.4 is 24.4 Å². The summed E-state index contributed by atoms with van der Waals surface area (Å²) in [6.45, 7) is 5.63. The lowest BCUT2D eigenvalue weighted by atomic mass is 10.2. The largest absolute Gasteiger partial charge is 0.481 e. The summed E-state index contributed by atoms with van der Waals surface area (Å²) < 4.78 is 16.2. The van der Waals surface area contributed by atoms with Gasteiger partial charge in [-0.15, -0.1) is 0 Å². The Balaban J connectivity index is 1.14.